The van der Waals surface area contributed by atoms with Crippen LogP contribution in [-0.2, 0) is 0 Å². The van der Waals surface area contributed by atoms with Crippen LogP contribution in [0.4, 0.5) is 5.69 Å². The van der Waals surface area contributed by atoms with Crippen LogP contribution in [0.5, 0.6) is 0 Å². The van der Waals surface area contributed by atoms with Crippen molar-refractivity contribution in [2.75, 3.05) is 5.32 Å². The van der Waals surface area contributed by atoms with Crippen molar-refractivity contribution in [3.8, 4) is 11.1 Å². The molecule has 3 aromatic heterocycles. The lowest BCUT2D eigenvalue weighted by molar-refractivity contribution is 0.0939. The zero-order chi connectivity index (χ0) is 18.1. The molecule has 7 heteroatoms. The molecule has 1 saturated carbocycles. The van der Waals surface area contributed by atoms with Crippen molar-refractivity contribution in [3.63, 3.8) is 0 Å². The molecule has 136 valence electrons. The maximum Gasteiger partial charge on any atom is 0.261 e. The van der Waals surface area contributed by atoms with Gasteiger partial charge in [-0.1, -0.05) is 13.8 Å². The van der Waals surface area contributed by atoms with Gasteiger partial charge in [0.2, 0.25) is 0 Å². The third-order valence-corrected chi connectivity index (χ3v) is 5.69. The number of thiophene rings is 1. The molecule has 26 heavy (non-hydrogen) atoms. The molecule has 0 bridgehead atoms. The molecule has 2 N–H and O–H groups in total. The summed E-state index contributed by atoms with van der Waals surface area (Å²) in [5.74, 6) is -0.00435. The Labute approximate surface area is 156 Å². The standard InChI is InChI=1S/C19H23N5OS/c1-3-13(4-2)23-19(25)17-7-12(11-26-17)16-9-21-24-10-15(8-20-18(16)24)22-14-5-6-14/h7-11,13-14,22H,3-6H2,1-2H3,(H,23,25). The summed E-state index contributed by atoms with van der Waals surface area (Å²) in [6.07, 6.45) is 9.96. The van der Waals surface area contributed by atoms with Gasteiger partial charge in [0.15, 0.2) is 5.65 Å². The number of hydrogen-bond donors (Lipinski definition) is 2. The first-order chi connectivity index (χ1) is 12.7. The molecule has 0 spiro atoms. The van der Waals surface area contributed by atoms with E-state index in [0.717, 1.165) is 40.2 Å². The van der Waals surface area contributed by atoms with Gasteiger partial charge in [-0.15, -0.1) is 11.3 Å². The highest BCUT2D eigenvalue weighted by Gasteiger charge is 2.21. The third kappa shape index (κ3) is 3.44. The fourth-order valence-corrected chi connectivity index (χ4v) is 3.77. The predicted molar refractivity (Wildman–Crippen MR) is 105 cm³/mol. The van der Waals surface area contributed by atoms with Crippen molar-refractivity contribution >= 4 is 28.6 Å². The minimum Gasteiger partial charge on any atom is -0.380 e. The fraction of sp³-hybridized carbons (Fsp3) is 0.421. The van der Waals surface area contributed by atoms with Crippen LogP contribution in [0.15, 0.2) is 30.0 Å². The van der Waals surface area contributed by atoms with E-state index in [2.05, 4.69) is 34.6 Å². The topological polar surface area (TPSA) is 71.3 Å². The summed E-state index contributed by atoms with van der Waals surface area (Å²) in [4.78, 5) is 17.7. The number of anilines is 1. The van der Waals surface area contributed by atoms with Crippen molar-refractivity contribution in [3.05, 3.63) is 34.9 Å². The van der Waals surface area contributed by atoms with E-state index < -0.39 is 0 Å². The number of amides is 1. The second-order valence-electron chi connectivity index (χ2n) is 6.77. The van der Waals surface area contributed by atoms with Gasteiger partial charge in [0.25, 0.3) is 5.91 Å². The van der Waals surface area contributed by atoms with Crippen molar-refractivity contribution < 1.29 is 4.79 Å². The molecule has 1 aliphatic carbocycles. The largest absolute Gasteiger partial charge is 0.380 e. The molecule has 0 aliphatic heterocycles. The summed E-state index contributed by atoms with van der Waals surface area (Å²) >= 11 is 1.46. The summed E-state index contributed by atoms with van der Waals surface area (Å²) in [7, 11) is 0. The molecular weight excluding hydrogens is 346 g/mol. The molecule has 1 fully saturated rings. The van der Waals surface area contributed by atoms with Crippen molar-refractivity contribution in [1.29, 1.82) is 0 Å². The first-order valence-corrected chi connectivity index (χ1v) is 10.1. The Kier molecular flexibility index (Phi) is 4.63. The Morgan fingerprint density at radius 1 is 1.35 bits per heavy atom. The van der Waals surface area contributed by atoms with Gasteiger partial charge in [0, 0.05) is 17.6 Å². The Bertz CT molecular complexity index is 923. The molecule has 0 saturated heterocycles. The van der Waals surface area contributed by atoms with Crippen molar-refractivity contribution in [1.82, 2.24) is 19.9 Å². The first kappa shape index (κ1) is 17.0. The molecule has 4 rings (SSSR count). The quantitative estimate of drug-likeness (QED) is 0.661. The third-order valence-electron chi connectivity index (χ3n) is 4.76. The number of rotatable bonds is 7. The van der Waals surface area contributed by atoms with Crippen molar-refractivity contribution in [2.24, 2.45) is 0 Å². The smallest absolute Gasteiger partial charge is 0.261 e. The van der Waals surface area contributed by atoms with E-state index in [1.54, 1.807) is 4.52 Å². The maximum atomic E-state index is 12.4. The highest BCUT2D eigenvalue weighted by molar-refractivity contribution is 7.12. The van der Waals surface area contributed by atoms with Crippen LogP contribution in [0.25, 0.3) is 16.8 Å². The zero-order valence-electron chi connectivity index (χ0n) is 15.0. The van der Waals surface area contributed by atoms with Gasteiger partial charge in [0.05, 0.1) is 29.2 Å². The normalized spacial score (nSPS) is 14.1. The number of hydrogen-bond acceptors (Lipinski definition) is 5. The minimum absolute atomic E-state index is 0.00435. The van der Waals surface area contributed by atoms with Gasteiger partial charge in [-0.2, -0.15) is 5.10 Å². The van der Waals surface area contributed by atoms with Gasteiger partial charge in [-0.05, 0) is 42.7 Å². The van der Waals surface area contributed by atoms with Gasteiger partial charge in [0.1, 0.15) is 0 Å². The molecule has 1 aliphatic rings. The van der Waals surface area contributed by atoms with E-state index in [-0.39, 0.29) is 11.9 Å². The number of aromatic nitrogens is 3. The van der Waals surface area contributed by atoms with Gasteiger partial charge >= 0.3 is 0 Å². The number of fused-ring (bicyclic) bond motifs is 1. The molecule has 1 amide bonds. The average Bonchev–Trinajstić information content (AvgIpc) is 3.17. The first-order valence-electron chi connectivity index (χ1n) is 9.17. The van der Waals surface area contributed by atoms with Crippen LogP contribution in [0.2, 0.25) is 0 Å². The molecule has 3 aromatic rings. The highest BCUT2D eigenvalue weighted by atomic mass is 32.1. The lowest BCUT2D eigenvalue weighted by Crippen LogP contribution is -2.33. The van der Waals surface area contributed by atoms with E-state index in [9.17, 15) is 4.79 Å². The summed E-state index contributed by atoms with van der Waals surface area (Å²) < 4.78 is 1.79. The fourth-order valence-electron chi connectivity index (χ4n) is 2.96. The van der Waals surface area contributed by atoms with E-state index in [0.29, 0.717) is 6.04 Å². The van der Waals surface area contributed by atoms with Crippen LogP contribution in [0.1, 0.15) is 49.2 Å². The molecular formula is C19H23N5OS. The average molecular weight is 369 g/mol. The maximum absolute atomic E-state index is 12.4. The van der Waals surface area contributed by atoms with E-state index in [1.807, 2.05) is 30.0 Å². The van der Waals surface area contributed by atoms with Crippen LogP contribution < -0.4 is 10.6 Å². The Hall–Kier alpha value is -2.41. The van der Waals surface area contributed by atoms with Crippen LogP contribution in [0.3, 0.4) is 0 Å². The Morgan fingerprint density at radius 3 is 2.88 bits per heavy atom. The summed E-state index contributed by atoms with van der Waals surface area (Å²) in [5, 5.41) is 12.9. The Balaban J connectivity index is 1.56. The second kappa shape index (κ2) is 7.07. The van der Waals surface area contributed by atoms with Crippen LogP contribution in [-0.4, -0.2) is 32.6 Å². The molecule has 0 radical (unpaired) electrons. The summed E-state index contributed by atoms with van der Waals surface area (Å²) in [5.41, 5.74) is 3.72. The number of nitrogens with one attached hydrogen (secondary N) is 2. The molecule has 0 aromatic carbocycles. The summed E-state index contributed by atoms with van der Waals surface area (Å²) in [6.45, 7) is 4.18. The second-order valence-corrected chi connectivity index (χ2v) is 7.69. The van der Waals surface area contributed by atoms with Crippen LogP contribution >= 0.6 is 11.3 Å². The lowest BCUT2D eigenvalue weighted by atomic mass is 10.1. The van der Waals surface area contributed by atoms with Crippen LogP contribution in [0, 0.1) is 0 Å². The van der Waals surface area contributed by atoms with E-state index >= 15 is 0 Å². The molecule has 3 heterocycles. The molecule has 0 unspecified atom stereocenters. The zero-order valence-corrected chi connectivity index (χ0v) is 15.8. The minimum atomic E-state index is -0.00435. The van der Waals surface area contributed by atoms with Gasteiger partial charge in [-0.3, -0.25) is 4.79 Å². The summed E-state index contributed by atoms with van der Waals surface area (Å²) in [6, 6.07) is 2.73. The number of nitrogens with zero attached hydrogens (tertiary/aromatic N) is 3. The SMILES string of the molecule is CCC(CC)NC(=O)c1cc(-c2cnn3cc(NC4CC4)cnc23)cs1. The number of carbonyl (C=O) groups excluding carboxylic acids is 1. The Morgan fingerprint density at radius 2 is 2.15 bits per heavy atom. The van der Waals surface area contributed by atoms with Gasteiger partial charge in [-0.25, -0.2) is 9.50 Å². The van der Waals surface area contributed by atoms with E-state index in [1.165, 1.54) is 24.2 Å². The molecule has 6 nitrogen and oxygen atoms in total. The van der Waals surface area contributed by atoms with Crippen molar-refractivity contribution in [2.45, 2.75) is 51.6 Å². The lowest BCUT2D eigenvalue weighted by Gasteiger charge is -2.13. The monoisotopic (exact) mass is 369 g/mol. The number of carbonyl (C=O) groups is 1. The highest BCUT2D eigenvalue weighted by Crippen LogP contribution is 2.29. The van der Waals surface area contributed by atoms with E-state index in [4.69, 9.17) is 0 Å². The molecule has 0 atom stereocenters. The predicted octanol–water partition coefficient (Wildman–Crippen LogP) is 3.95. The van der Waals surface area contributed by atoms with Gasteiger partial charge < -0.3 is 10.6 Å².